The number of aryl methyl sites for hydroxylation is 3. The molecule has 0 saturated carbocycles. The fourth-order valence-corrected chi connectivity index (χ4v) is 4.76. The maximum absolute atomic E-state index is 10.3. The van der Waals surface area contributed by atoms with Gasteiger partial charge in [-0.15, -0.1) is 22.7 Å². The second-order valence-electron chi connectivity index (χ2n) is 7.64. The first-order valence-electron chi connectivity index (χ1n) is 10.8. The van der Waals surface area contributed by atoms with E-state index in [9.17, 15) is 4.79 Å². The van der Waals surface area contributed by atoms with Crippen LogP contribution in [0.1, 0.15) is 23.2 Å². The summed E-state index contributed by atoms with van der Waals surface area (Å²) in [6, 6.07) is 3.99. The minimum atomic E-state index is 0.127. The topological polar surface area (TPSA) is 80.2 Å². The highest BCUT2D eigenvalue weighted by atomic mass is 32.1. The number of ether oxygens (including phenoxy) is 1. The zero-order chi connectivity index (χ0) is 24.5. The number of carbonyl (C=O) groups excluding carboxylic acids is 1. The molecule has 1 saturated heterocycles. The number of hydrogen-bond acceptors (Lipinski definition) is 8. The van der Waals surface area contributed by atoms with Crippen molar-refractivity contribution >= 4 is 40.0 Å². The third kappa shape index (κ3) is 7.10. The molecule has 0 bridgehead atoms. The van der Waals surface area contributed by atoms with Crippen LogP contribution in [0.4, 0.5) is 10.9 Å². The fraction of sp³-hybridized carbons (Fsp3) is 0.280. The highest BCUT2D eigenvalue weighted by Crippen LogP contribution is 2.32. The monoisotopic (exact) mass is 495 g/mol. The lowest BCUT2D eigenvalue weighted by Gasteiger charge is -2.36. The molecule has 34 heavy (non-hydrogen) atoms. The molecule has 1 N–H and O–H groups in total. The van der Waals surface area contributed by atoms with Crippen LogP contribution in [0.3, 0.4) is 0 Å². The molecule has 9 heteroatoms. The minimum absolute atomic E-state index is 0.127. The SMILES string of the molecule is C=C/C=C(\C=C/C)OC1CN(C=O)C1.Cc1ccc(Nc2nc(-c3sc(C)nc3C)cs2)nc1. The van der Waals surface area contributed by atoms with Crippen LogP contribution in [0, 0.1) is 20.8 Å². The van der Waals surface area contributed by atoms with E-state index in [1.54, 1.807) is 33.6 Å². The Labute approximate surface area is 208 Å². The van der Waals surface area contributed by atoms with E-state index < -0.39 is 0 Å². The summed E-state index contributed by atoms with van der Waals surface area (Å²) >= 11 is 3.26. The van der Waals surface area contributed by atoms with E-state index in [-0.39, 0.29) is 6.10 Å². The summed E-state index contributed by atoms with van der Waals surface area (Å²) in [7, 11) is 0. The standard InChI is InChI=1S/C14H14N4S2.C11H15NO2/c1-8-4-5-12(15-6-8)18-14-17-11(7-19-14)13-9(2)16-10(3)20-13;1-3-5-10(6-4-2)14-11-7-12(8-11)9-13/h4-7H,1-3H3,(H,15,17,18);3-6,9,11H,1,7-8H2,2H3/b;6-4-,10-5+. The Morgan fingerprint density at radius 1 is 1.26 bits per heavy atom. The van der Waals surface area contributed by atoms with Crippen LogP contribution in [0.5, 0.6) is 0 Å². The van der Waals surface area contributed by atoms with Crippen LogP contribution in [0.15, 0.2) is 60.4 Å². The predicted octanol–water partition coefficient (Wildman–Crippen LogP) is 5.82. The molecule has 0 aliphatic carbocycles. The number of nitrogens with zero attached hydrogens (tertiary/aromatic N) is 4. The molecule has 1 fully saturated rings. The molecule has 0 spiro atoms. The van der Waals surface area contributed by atoms with Crippen molar-refractivity contribution in [3.8, 4) is 10.6 Å². The average molecular weight is 496 g/mol. The normalized spacial score (nSPS) is 13.8. The average Bonchev–Trinajstić information content (AvgIpc) is 3.38. The molecular formula is C25H29N5O2S2. The van der Waals surface area contributed by atoms with Gasteiger partial charge >= 0.3 is 0 Å². The lowest BCUT2D eigenvalue weighted by atomic mass is 10.2. The van der Waals surface area contributed by atoms with Crippen LogP contribution in [0.25, 0.3) is 10.6 Å². The number of pyridine rings is 1. The van der Waals surface area contributed by atoms with Crippen molar-refractivity contribution in [3.63, 3.8) is 0 Å². The Kier molecular flexibility index (Phi) is 9.12. The van der Waals surface area contributed by atoms with Crippen molar-refractivity contribution < 1.29 is 9.53 Å². The van der Waals surface area contributed by atoms with Crippen LogP contribution < -0.4 is 5.32 Å². The molecule has 0 unspecified atom stereocenters. The van der Waals surface area contributed by atoms with Crippen LogP contribution >= 0.6 is 22.7 Å². The van der Waals surface area contributed by atoms with E-state index >= 15 is 0 Å². The molecule has 3 aromatic rings. The molecule has 1 amide bonds. The largest absolute Gasteiger partial charge is 0.487 e. The van der Waals surface area contributed by atoms with E-state index in [1.807, 2.05) is 64.3 Å². The predicted molar refractivity (Wildman–Crippen MR) is 141 cm³/mol. The second kappa shape index (κ2) is 12.2. The summed E-state index contributed by atoms with van der Waals surface area (Å²) in [5.74, 6) is 1.60. The molecular weight excluding hydrogens is 466 g/mol. The Morgan fingerprint density at radius 3 is 2.65 bits per heavy atom. The van der Waals surface area contributed by atoms with Crippen LogP contribution in [0.2, 0.25) is 0 Å². The minimum Gasteiger partial charge on any atom is -0.487 e. The summed E-state index contributed by atoms with van der Waals surface area (Å²) in [6.45, 7) is 12.9. The number of aromatic nitrogens is 3. The van der Waals surface area contributed by atoms with Crippen molar-refractivity contribution in [2.75, 3.05) is 18.4 Å². The van der Waals surface area contributed by atoms with Crippen molar-refractivity contribution in [2.45, 2.75) is 33.8 Å². The van der Waals surface area contributed by atoms with Crippen molar-refractivity contribution in [3.05, 3.63) is 76.6 Å². The molecule has 7 nitrogen and oxygen atoms in total. The smallest absolute Gasteiger partial charge is 0.209 e. The zero-order valence-electron chi connectivity index (χ0n) is 19.8. The summed E-state index contributed by atoms with van der Waals surface area (Å²) in [5.41, 5.74) is 3.16. The molecule has 3 aromatic heterocycles. The third-order valence-corrected chi connectivity index (χ3v) is 6.58. The molecule has 1 aliphatic rings. The van der Waals surface area contributed by atoms with Crippen LogP contribution in [-0.2, 0) is 9.53 Å². The number of rotatable bonds is 8. The quantitative estimate of drug-likeness (QED) is 0.241. The highest BCUT2D eigenvalue weighted by Gasteiger charge is 2.26. The van der Waals surface area contributed by atoms with Gasteiger partial charge in [0.1, 0.15) is 17.7 Å². The fourth-order valence-electron chi connectivity index (χ4n) is 3.09. The number of likely N-dealkylation sites (tertiary alicyclic amines) is 1. The number of hydrogen-bond donors (Lipinski definition) is 1. The number of allylic oxidation sites excluding steroid dienone is 4. The molecule has 4 heterocycles. The number of thiazole rings is 2. The van der Waals surface area contributed by atoms with E-state index in [0.29, 0.717) is 13.1 Å². The van der Waals surface area contributed by atoms with Crippen molar-refractivity contribution in [1.29, 1.82) is 0 Å². The van der Waals surface area contributed by atoms with Gasteiger partial charge < -0.3 is 15.0 Å². The van der Waals surface area contributed by atoms with Crippen molar-refractivity contribution in [1.82, 2.24) is 19.9 Å². The summed E-state index contributed by atoms with van der Waals surface area (Å²) < 4.78 is 5.60. The van der Waals surface area contributed by atoms with Crippen molar-refractivity contribution in [2.24, 2.45) is 0 Å². The van der Waals surface area contributed by atoms with Gasteiger partial charge in [-0.25, -0.2) is 15.0 Å². The Balaban J connectivity index is 0.000000204. The first kappa shape index (κ1) is 25.3. The molecule has 4 rings (SSSR count). The second-order valence-corrected chi connectivity index (χ2v) is 9.70. The molecule has 178 valence electrons. The van der Waals surface area contributed by atoms with Gasteiger partial charge in [-0.3, -0.25) is 4.79 Å². The van der Waals surface area contributed by atoms with Gasteiger partial charge in [-0.05, 0) is 51.5 Å². The van der Waals surface area contributed by atoms with Gasteiger partial charge in [0.25, 0.3) is 0 Å². The lowest BCUT2D eigenvalue weighted by molar-refractivity contribution is -0.128. The maximum atomic E-state index is 10.3. The van der Waals surface area contributed by atoms with Gasteiger partial charge in [0.2, 0.25) is 6.41 Å². The highest BCUT2D eigenvalue weighted by molar-refractivity contribution is 7.16. The maximum Gasteiger partial charge on any atom is 0.209 e. The molecule has 0 aromatic carbocycles. The first-order valence-corrected chi connectivity index (χ1v) is 12.5. The first-order chi connectivity index (χ1) is 16.4. The number of carbonyl (C=O) groups is 1. The van der Waals surface area contributed by atoms with Gasteiger partial charge in [-0.1, -0.05) is 24.8 Å². The van der Waals surface area contributed by atoms with Crippen LogP contribution in [-0.4, -0.2) is 45.5 Å². The van der Waals surface area contributed by atoms with Gasteiger partial charge in [0, 0.05) is 11.6 Å². The summed E-state index contributed by atoms with van der Waals surface area (Å²) in [6.07, 6.45) is 10.1. The van der Waals surface area contributed by atoms with E-state index in [1.165, 1.54) is 0 Å². The van der Waals surface area contributed by atoms with E-state index in [2.05, 4.69) is 32.2 Å². The Hall–Kier alpha value is -3.30. The van der Waals surface area contributed by atoms with Gasteiger partial charge in [-0.2, -0.15) is 0 Å². The Bertz CT molecular complexity index is 1160. The molecule has 0 atom stereocenters. The summed E-state index contributed by atoms with van der Waals surface area (Å²) in [5, 5.41) is 7.20. The third-order valence-electron chi connectivity index (χ3n) is 4.73. The number of anilines is 2. The number of nitrogens with one attached hydrogen (secondary N) is 1. The summed E-state index contributed by atoms with van der Waals surface area (Å²) in [4.78, 5) is 26.5. The van der Waals surface area contributed by atoms with E-state index in [0.717, 1.165) is 50.0 Å². The van der Waals surface area contributed by atoms with Gasteiger partial charge in [0.15, 0.2) is 5.13 Å². The number of amides is 1. The van der Waals surface area contributed by atoms with Gasteiger partial charge in [0.05, 0.1) is 34.4 Å². The molecule has 1 aliphatic heterocycles. The molecule has 0 radical (unpaired) electrons. The van der Waals surface area contributed by atoms with E-state index in [4.69, 9.17) is 4.74 Å². The lowest BCUT2D eigenvalue weighted by Crippen LogP contribution is -2.50. The zero-order valence-corrected chi connectivity index (χ0v) is 21.4. The Morgan fingerprint density at radius 2 is 2.06 bits per heavy atom.